The number of piperidine rings is 1. The number of carbonyl (C=O) groups excluding carboxylic acids is 2. The molecule has 1 heterocycles. The maximum Gasteiger partial charge on any atom is 0.228 e. The fourth-order valence-electron chi connectivity index (χ4n) is 9.60. The van der Waals surface area contributed by atoms with E-state index in [0.29, 0.717) is 46.6 Å². The van der Waals surface area contributed by atoms with Crippen LogP contribution in [0, 0.1) is 39.9 Å². The number of hydrogen-bond donors (Lipinski definition) is 1. The van der Waals surface area contributed by atoms with E-state index in [0.717, 1.165) is 31.4 Å². The first-order chi connectivity index (χ1) is 15.7. The maximum atomic E-state index is 13.5. The van der Waals surface area contributed by atoms with Crippen molar-refractivity contribution in [1.82, 2.24) is 4.90 Å². The quantitative estimate of drug-likeness (QED) is 0.566. The minimum Gasteiger partial charge on any atom is -0.342 e. The van der Waals surface area contributed by atoms with Gasteiger partial charge in [-0.05, 0) is 97.5 Å². The molecule has 1 spiro atoms. The summed E-state index contributed by atoms with van der Waals surface area (Å²) >= 11 is 6.34. The Bertz CT molecular complexity index is 1010. The number of anilines is 1. The highest BCUT2D eigenvalue weighted by Crippen LogP contribution is 2.73. The van der Waals surface area contributed by atoms with Gasteiger partial charge in [0.15, 0.2) is 0 Å². The summed E-state index contributed by atoms with van der Waals surface area (Å²) in [4.78, 5) is 28.3. The molecule has 0 aromatic heterocycles. The summed E-state index contributed by atoms with van der Waals surface area (Å²) in [6.45, 7) is 4.92. The molecule has 1 aromatic rings. The summed E-state index contributed by atoms with van der Waals surface area (Å²) < 4.78 is 0. The minimum atomic E-state index is 0.0519. The molecule has 33 heavy (non-hydrogen) atoms. The van der Waals surface area contributed by atoms with E-state index in [4.69, 9.17) is 11.6 Å². The second kappa shape index (κ2) is 7.23. The second-order valence-electron chi connectivity index (χ2n) is 12.5. The Balaban J connectivity index is 1.28. The number of amides is 2. The fraction of sp³-hybridized carbons (Fsp3) is 0.714. The van der Waals surface area contributed by atoms with Crippen LogP contribution < -0.4 is 5.32 Å². The predicted molar refractivity (Wildman–Crippen MR) is 131 cm³/mol. The van der Waals surface area contributed by atoms with Gasteiger partial charge in [-0.1, -0.05) is 37.6 Å². The third kappa shape index (κ3) is 3.01. The Morgan fingerprint density at radius 1 is 1.03 bits per heavy atom. The number of halogens is 1. The van der Waals surface area contributed by atoms with Gasteiger partial charge < -0.3 is 10.2 Å². The standard InChI is InChI=1S/C28H37ClN2O2/c1-26-12-10-19-17(16-28(14-15-28)25-27(19,2)13-11-23(32)31(25)3)18(26)8-9-20(26)24(33)30-22-7-5-4-6-21(22)29/h4-7,17-20,25H,8-16H2,1-3H3,(H,30,33)/t17?,18-,19?,20+,25?,26-,27+/m0/s1. The number of nitrogens with zero attached hydrogens (tertiary/aromatic N) is 1. The topological polar surface area (TPSA) is 49.4 Å². The summed E-state index contributed by atoms with van der Waals surface area (Å²) in [6, 6.07) is 7.96. The van der Waals surface area contributed by atoms with E-state index in [1.165, 1.54) is 25.7 Å². The van der Waals surface area contributed by atoms with Crippen LogP contribution in [0.5, 0.6) is 0 Å². The van der Waals surface area contributed by atoms with Gasteiger partial charge in [0, 0.05) is 25.4 Å². The zero-order chi connectivity index (χ0) is 23.2. The first-order valence-electron chi connectivity index (χ1n) is 13.0. The van der Waals surface area contributed by atoms with Crippen molar-refractivity contribution < 1.29 is 9.59 Å². The molecule has 1 N–H and O–H groups in total. The largest absolute Gasteiger partial charge is 0.342 e. The Kier molecular flexibility index (Phi) is 4.81. The lowest BCUT2D eigenvalue weighted by Gasteiger charge is -2.64. The van der Waals surface area contributed by atoms with Crippen molar-refractivity contribution >= 4 is 29.1 Å². The maximum absolute atomic E-state index is 13.5. The lowest BCUT2D eigenvalue weighted by atomic mass is 9.44. The lowest BCUT2D eigenvalue weighted by Crippen LogP contribution is -2.65. The highest BCUT2D eigenvalue weighted by atomic mass is 35.5. The average molecular weight is 469 g/mol. The number of hydrogen-bond acceptors (Lipinski definition) is 2. The lowest BCUT2D eigenvalue weighted by molar-refractivity contribution is -0.173. The van der Waals surface area contributed by atoms with Crippen LogP contribution in [0.1, 0.15) is 71.6 Å². The molecule has 1 saturated heterocycles. The Morgan fingerprint density at radius 3 is 2.48 bits per heavy atom. The van der Waals surface area contributed by atoms with Crippen LogP contribution in [-0.2, 0) is 9.59 Å². The molecule has 5 heteroatoms. The van der Waals surface area contributed by atoms with Crippen LogP contribution in [0.15, 0.2) is 24.3 Å². The van der Waals surface area contributed by atoms with Gasteiger partial charge in [-0.2, -0.15) is 0 Å². The van der Waals surface area contributed by atoms with E-state index >= 15 is 0 Å². The zero-order valence-electron chi connectivity index (χ0n) is 20.2. The van der Waals surface area contributed by atoms with Gasteiger partial charge in [-0.15, -0.1) is 0 Å². The third-order valence-corrected chi connectivity index (χ3v) is 11.5. The van der Waals surface area contributed by atoms with Crippen LogP contribution in [0.2, 0.25) is 5.02 Å². The fourth-order valence-corrected chi connectivity index (χ4v) is 9.78. The van der Waals surface area contributed by atoms with E-state index in [-0.39, 0.29) is 22.7 Å². The van der Waals surface area contributed by atoms with Crippen LogP contribution in [0.25, 0.3) is 0 Å². The number of rotatable bonds is 2. The molecule has 3 unspecified atom stereocenters. The van der Waals surface area contributed by atoms with Gasteiger partial charge in [0.05, 0.1) is 10.7 Å². The van der Waals surface area contributed by atoms with E-state index in [9.17, 15) is 9.59 Å². The smallest absolute Gasteiger partial charge is 0.228 e. The van der Waals surface area contributed by atoms with Gasteiger partial charge in [-0.3, -0.25) is 9.59 Å². The summed E-state index contributed by atoms with van der Waals surface area (Å²) in [7, 11) is 2.07. The number of carbonyl (C=O) groups is 2. The Hall–Kier alpha value is -1.55. The Labute approximate surface area is 202 Å². The van der Waals surface area contributed by atoms with E-state index in [1.54, 1.807) is 0 Å². The molecule has 7 atom stereocenters. The van der Waals surface area contributed by atoms with Gasteiger partial charge in [0.1, 0.15) is 0 Å². The van der Waals surface area contributed by atoms with Gasteiger partial charge in [0.2, 0.25) is 11.8 Å². The van der Waals surface area contributed by atoms with Gasteiger partial charge >= 0.3 is 0 Å². The molecule has 4 aliphatic carbocycles. The molecule has 4 saturated carbocycles. The van der Waals surface area contributed by atoms with Crippen molar-refractivity contribution in [2.45, 2.75) is 77.7 Å². The summed E-state index contributed by atoms with van der Waals surface area (Å²) in [6.07, 6.45) is 9.99. The van der Waals surface area contributed by atoms with Crippen molar-refractivity contribution in [3.8, 4) is 0 Å². The molecule has 1 aliphatic heterocycles. The number of likely N-dealkylation sites (tertiary alicyclic amines) is 1. The van der Waals surface area contributed by atoms with Gasteiger partial charge in [0.25, 0.3) is 0 Å². The van der Waals surface area contributed by atoms with Crippen molar-refractivity contribution in [2.24, 2.45) is 39.9 Å². The third-order valence-electron chi connectivity index (χ3n) is 11.1. The SMILES string of the molecule is CN1C(=O)CC[C@]2(C)C3CC[C@]4(C)[C@@H](C(=O)Nc5ccccc5Cl)CC[C@H]4C3CC3(CC3)C12. The molecule has 2 amide bonds. The number of benzene rings is 1. The first-order valence-corrected chi connectivity index (χ1v) is 13.4. The van der Waals surface area contributed by atoms with Gasteiger partial charge in [-0.25, -0.2) is 0 Å². The molecular weight excluding hydrogens is 432 g/mol. The van der Waals surface area contributed by atoms with Crippen molar-refractivity contribution in [2.75, 3.05) is 12.4 Å². The van der Waals surface area contributed by atoms with Crippen molar-refractivity contribution in [3.05, 3.63) is 29.3 Å². The first kappa shape index (κ1) is 21.9. The van der Waals surface area contributed by atoms with Crippen molar-refractivity contribution in [1.29, 1.82) is 0 Å². The molecule has 1 aromatic carbocycles. The summed E-state index contributed by atoms with van der Waals surface area (Å²) in [5.41, 5.74) is 1.34. The molecule has 0 radical (unpaired) electrons. The summed E-state index contributed by atoms with van der Waals surface area (Å²) in [5.74, 6) is 2.52. The minimum absolute atomic E-state index is 0.0519. The highest BCUT2D eigenvalue weighted by molar-refractivity contribution is 6.33. The molecule has 5 aliphatic rings. The van der Waals surface area contributed by atoms with Crippen LogP contribution in [0.3, 0.4) is 0 Å². The second-order valence-corrected chi connectivity index (χ2v) is 12.9. The molecule has 5 fully saturated rings. The summed E-state index contributed by atoms with van der Waals surface area (Å²) in [5, 5.41) is 3.76. The molecule has 178 valence electrons. The monoisotopic (exact) mass is 468 g/mol. The van der Waals surface area contributed by atoms with Crippen LogP contribution in [-0.4, -0.2) is 29.8 Å². The van der Waals surface area contributed by atoms with E-state index < -0.39 is 0 Å². The highest BCUT2D eigenvalue weighted by Gasteiger charge is 2.70. The molecule has 4 nitrogen and oxygen atoms in total. The molecule has 0 bridgehead atoms. The number of nitrogens with one attached hydrogen (secondary N) is 1. The number of fused-ring (bicyclic) bond motifs is 6. The van der Waals surface area contributed by atoms with Crippen LogP contribution in [0.4, 0.5) is 5.69 Å². The van der Waals surface area contributed by atoms with E-state index in [2.05, 4.69) is 31.1 Å². The molecule has 6 rings (SSSR count). The van der Waals surface area contributed by atoms with Crippen molar-refractivity contribution in [3.63, 3.8) is 0 Å². The molecular formula is C28H37ClN2O2. The number of para-hydroxylation sites is 1. The van der Waals surface area contributed by atoms with E-state index in [1.807, 2.05) is 24.3 Å². The predicted octanol–water partition coefficient (Wildman–Crippen LogP) is 6.15. The van der Waals surface area contributed by atoms with Crippen LogP contribution >= 0.6 is 11.6 Å². The average Bonchev–Trinajstić information content (AvgIpc) is 3.43. The zero-order valence-corrected chi connectivity index (χ0v) is 21.0. The normalized spacial score (nSPS) is 43.0. The Morgan fingerprint density at radius 2 is 1.76 bits per heavy atom.